The SMILES string of the molecule is COc1cc(C)[nH]c(=O)c1CCC(=O)c1c(C)n(C(C)C2CCN(C3COC3)CC2C)c2ccccc12. The van der Waals surface area contributed by atoms with E-state index in [2.05, 4.69) is 53.4 Å². The number of methoxy groups -OCH3 is 1. The number of benzene rings is 1. The average Bonchev–Trinajstić information content (AvgIpc) is 3.13. The maximum atomic E-state index is 13.7. The second kappa shape index (κ2) is 10.5. The first kappa shape index (κ1) is 25.7. The highest BCUT2D eigenvalue weighted by molar-refractivity contribution is 6.09. The summed E-state index contributed by atoms with van der Waals surface area (Å²) in [5.41, 5.74) is 3.99. The topological polar surface area (TPSA) is 76.6 Å². The highest BCUT2D eigenvalue weighted by atomic mass is 16.5. The van der Waals surface area contributed by atoms with E-state index < -0.39 is 0 Å². The van der Waals surface area contributed by atoms with E-state index in [1.807, 2.05) is 19.1 Å². The summed E-state index contributed by atoms with van der Waals surface area (Å²) in [5.74, 6) is 1.69. The number of fused-ring (bicyclic) bond motifs is 1. The van der Waals surface area contributed by atoms with Crippen molar-refractivity contribution in [3.63, 3.8) is 0 Å². The molecular formula is C30H39N3O4. The van der Waals surface area contributed by atoms with Gasteiger partial charge >= 0.3 is 0 Å². The van der Waals surface area contributed by atoms with Crippen molar-refractivity contribution in [1.29, 1.82) is 0 Å². The zero-order valence-electron chi connectivity index (χ0n) is 22.7. The lowest BCUT2D eigenvalue weighted by atomic mass is 9.81. The van der Waals surface area contributed by atoms with E-state index in [1.165, 1.54) is 0 Å². The summed E-state index contributed by atoms with van der Waals surface area (Å²) in [5, 5.41) is 0.998. The van der Waals surface area contributed by atoms with Gasteiger partial charge < -0.3 is 19.0 Å². The van der Waals surface area contributed by atoms with Crippen molar-refractivity contribution in [3.8, 4) is 5.75 Å². The summed E-state index contributed by atoms with van der Waals surface area (Å²) in [6, 6.07) is 10.9. The number of H-pyrrole nitrogens is 1. The number of ether oxygens (including phenoxy) is 2. The molecule has 5 rings (SSSR count). The molecule has 2 fully saturated rings. The van der Waals surface area contributed by atoms with E-state index in [0.717, 1.165) is 60.6 Å². The molecule has 0 bridgehead atoms. The summed E-state index contributed by atoms with van der Waals surface area (Å²) >= 11 is 0. The van der Waals surface area contributed by atoms with Gasteiger partial charge in [-0.2, -0.15) is 0 Å². The summed E-state index contributed by atoms with van der Waals surface area (Å²) in [6.07, 6.45) is 1.74. The number of rotatable bonds is 8. The van der Waals surface area contributed by atoms with Crippen LogP contribution in [0.25, 0.3) is 10.9 Å². The van der Waals surface area contributed by atoms with E-state index in [0.29, 0.717) is 35.6 Å². The number of nitrogens with zero attached hydrogens (tertiary/aromatic N) is 2. The third kappa shape index (κ3) is 4.75. The van der Waals surface area contributed by atoms with Crippen LogP contribution in [-0.4, -0.2) is 59.7 Å². The Morgan fingerprint density at radius 2 is 2.00 bits per heavy atom. The van der Waals surface area contributed by atoms with E-state index in [4.69, 9.17) is 9.47 Å². The molecule has 0 aliphatic carbocycles. The molecule has 0 saturated carbocycles. The quantitative estimate of drug-likeness (QED) is 0.450. The third-order valence-corrected chi connectivity index (χ3v) is 8.65. The lowest BCUT2D eigenvalue weighted by molar-refractivity contribution is -0.0836. The Balaban J connectivity index is 1.41. The van der Waals surface area contributed by atoms with Crippen molar-refractivity contribution in [2.45, 2.75) is 59.0 Å². The summed E-state index contributed by atoms with van der Waals surface area (Å²) in [6.45, 7) is 12.5. The number of Topliss-reactive ketones (excluding diaryl/α,β-unsaturated/α-hetero) is 1. The van der Waals surface area contributed by atoms with Crippen LogP contribution in [0.1, 0.15) is 60.0 Å². The highest BCUT2D eigenvalue weighted by Crippen LogP contribution is 2.39. The first-order valence-electron chi connectivity index (χ1n) is 13.5. The number of nitrogens with one attached hydrogen (secondary N) is 1. The van der Waals surface area contributed by atoms with Crippen LogP contribution < -0.4 is 10.3 Å². The maximum Gasteiger partial charge on any atom is 0.255 e. The second-order valence-corrected chi connectivity index (χ2v) is 11.0. The number of hydrogen-bond acceptors (Lipinski definition) is 5. The number of aryl methyl sites for hydroxylation is 1. The van der Waals surface area contributed by atoms with Gasteiger partial charge in [-0.3, -0.25) is 14.5 Å². The largest absolute Gasteiger partial charge is 0.496 e. The highest BCUT2D eigenvalue weighted by Gasteiger charge is 2.37. The van der Waals surface area contributed by atoms with E-state index >= 15 is 0 Å². The standard InChI is InChI=1S/C30H39N3O4/c1-18-15-32(22-16-37-17-22)13-12-23(18)20(3)33-21(4)29(24-8-6-7-9-26(24)33)27(34)11-10-25-28(36-5)14-19(2)31-30(25)35/h6-9,14,18,20,22-23H,10-13,15-17H2,1-5H3,(H,31,35). The van der Waals surface area contributed by atoms with Crippen molar-refractivity contribution in [2.75, 3.05) is 33.4 Å². The van der Waals surface area contributed by atoms with Gasteiger partial charge in [0.1, 0.15) is 5.75 Å². The van der Waals surface area contributed by atoms with Crippen LogP contribution in [0.15, 0.2) is 35.1 Å². The Hall–Kier alpha value is -2.90. The Kier molecular flexibility index (Phi) is 7.28. The van der Waals surface area contributed by atoms with Gasteiger partial charge in [-0.05, 0) is 64.1 Å². The Morgan fingerprint density at radius 1 is 1.24 bits per heavy atom. The summed E-state index contributed by atoms with van der Waals surface area (Å²) < 4.78 is 13.3. The number of aromatic nitrogens is 2. The molecule has 2 saturated heterocycles. The van der Waals surface area contributed by atoms with Crippen LogP contribution in [0.3, 0.4) is 0 Å². The minimum atomic E-state index is -0.189. The Labute approximate surface area is 218 Å². The molecule has 0 radical (unpaired) electrons. The average molecular weight is 506 g/mol. The second-order valence-electron chi connectivity index (χ2n) is 11.0. The van der Waals surface area contributed by atoms with E-state index in [9.17, 15) is 9.59 Å². The molecule has 2 aromatic heterocycles. The van der Waals surface area contributed by atoms with Crippen LogP contribution in [0.5, 0.6) is 5.75 Å². The molecule has 1 aromatic carbocycles. The number of aromatic amines is 1. The van der Waals surface area contributed by atoms with Crippen LogP contribution >= 0.6 is 0 Å². The predicted molar refractivity (Wildman–Crippen MR) is 146 cm³/mol. The Bertz CT molecular complexity index is 1350. The molecule has 4 heterocycles. The van der Waals surface area contributed by atoms with Gasteiger partial charge in [-0.1, -0.05) is 25.1 Å². The fourth-order valence-electron chi connectivity index (χ4n) is 6.61. The molecule has 0 amide bonds. The van der Waals surface area contributed by atoms with Gasteiger partial charge in [0.15, 0.2) is 5.78 Å². The van der Waals surface area contributed by atoms with Gasteiger partial charge in [-0.15, -0.1) is 0 Å². The number of hydrogen-bond donors (Lipinski definition) is 1. The number of carbonyl (C=O) groups is 1. The number of likely N-dealkylation sites (tertiary alicyclic amines) is 1. The van der Waals surface area contributed by atoms with Crippen LogP contribution in [0.4, 0.5) is 0 Å². The van der Waals surface area contributed by atoms with Crippen LogP contribution in [-0.2, 0) is 11.2 Å². The number of ketones is 1. The van der Waals surface area contributed by atoms with Gasteiger partial charge in [0.25, 0.3) is 5.56 Å². The minimum absolute atomic E-state index is 0.0644. The molecule has 1 N–H and O–H groups in total. The minimum Gasteiger partial charge on any atom is -0.496 e. The first-order chi connectivity index (χ1) is 17.8. The normalized spacial score (nSPS) is 21.6. The van der Waals surface area contributed by atoms with Crippen molar-refractivity contribution in [1.82, 2.24) is 14.5 Å². The molecule has 2 aliphatic rings. The van der Waals surface area contributed by atoms with Crippen molar-refractivity contribution in [2.24, 2.45) is 11.8 Å². The van der Waals surface area contributed by atoms with Crippen molar-refractivity contribution in [3.05, 3.63) is 63.2 Å². The molecule has 3 atom stereocenters. The molecular weight excluding hydrogens is 466 g/mol. The number of pyridine rings is 1. The summed E-state index contributed by atoms with van der Waals surface area (Å²) in [7, 11) is 1.56. The Morgan fingerprint density at radius 3 is 2.68 bits per heavy atom. The molecule has 37 heavy (non-hydrogen) atoms. The van der Waals surface area contributed by atoms with E-state index in [-0.39, 0.29) is 23.8 Å². The van der Waals surface area contributed by atoms with Crippen LogP contribution in [0.2, 0.25) is 0 Å². The zero-order valence-corrected chi connectivity index (χ0v) is 22.7. The molecule has 3 unspecified atom stereocenters. The molecule has 0 spiro atoms. The molecule has 3 aromatic rings. The lowest BCUT2D eigenvalue weighted by Crippen LogP contribution is -2.54. The molecule has 7 nitrogen and oxygen atoms in total. The number of para-hydroxylation sites is 1. The predicted octanol–water partition coefficient (Wildman–Crippen LogP) is 4.69. The van der Waals surface area contributed by atoms with Crippen molar-refractivity contribution < 1.29 is 14.3 Å². The zero-order chi connectivity index (χ0) is 26.3. The van der Waals surface area contributed by atoms with E-state index in [1.54, 1.807) is 7.11 Å². The van der Waals surface area contributed by atoms with Gasteiger partial charge in [0, 0.05) is 46.9 Å². The molecule has 2 aliphatic heterocycles. The first-order valence-corrected chi connectivity index (χ1v) is 13.5. The molecule has 7 heteroatoms. The van der Waals surface area contributed by atoms with Gasteiger partial charge in [-0.25, -0.2) is 0 Å². The summed E-state index contributed by atoms with van der Waals surface area (Å²) in [4.78, 5) is 31.7. The van der Waals surface area contributed by atoms with Crippen LogP contribution in [0, 0.1) is 25.7 Å². The maximum absolute atomic E-state index is 13.7. The third-order valence-electron chi connectivity index (χ3n) is 8.65. The smallest absolute Gasteiger partial charge is 0.255 e. The van der Waals surface area contributed by atoms with Gasteiger partial charge in [0.2, 0.25) is 0 Å². The number of piperidine rings is 1. The fourth-order valence-corrected chi connectivity index (χ4v) is 6.61. The number of carbonyl (C=O) groups excluding carboxylic acids is 1. The molecule has 198 valence electrons. The fraction of sp³-hybridized carbons (Fsp3) is 0.533. The van der Waals surface area contributed by atoms with Crippen molar-refractivity contribution >= 4 is 16.7 Å². The van der Waals surface area contributed by atoms with Gasteiger partial charge in [0.05, 0.1) is 31.9 Å². The monoisotopic (exact) mass is 505 g/mol. The lowest BCUT2D eigenvalue weighted by Gasteiger charge is -2.46.